The van der Waals surface area contributed by atoms with Gasteiger partial charge in [0.15, 0.2) is 0 Å². The number of alkyl halides is 3. The number of ether oxygens (including phenoxy) is 2. The highest BCUT2D eigenvalue weighted by molar-refractivity contribution is 5.58. The van der Waals surface area contributed by atoms with Crippen LogP contribution in [0.3, 0.4) is 0 Å². The summed E-state index contributed by atoms with van der Waals surface area (Å²) in [7, 11) is 1.06. The molecule has 0 aliphatic carbocycles. The maximum absolute atomic E-state index is 12.2. The van der Waals surface area contributed by atoms with Crippen LogP contribution in [-0.2, 0) is 6.54 Å². The molecule has 10 heteroatoms. The Labute approximate surface area is 98.5 Å². The smallest absolute Gasteiger partial charge is 0.489 e. The van der Waals surface area contributed by atoms with E-state index in [0.29, 0.717) is 0 Å². The van der Waals surface area contributed by atoms with Gasteiger partial charge in [-0.25, -0.2) is 0 Å². The highest BCUT2D eigenvalue weighted by Gasteiger charge is 2.38. The highest BCUT2D eigenvalue weighted by Crippen LogP contribution is 2.40. The highest BCUT2D eigenvalue weighted by atomic mass is 19.4. The number of methoxy groups -OCH3 is 1. The van der Waals surface area contributed by atoms with Gasteiger partial charge in [-0.1, -0.05) is 0 Å². The van der Waals surface area contributed by atoms with E-state index in [0.717, 1.165) is 13.3 Å². The van der Waals surface area contributed by atoms with E-state index < -0.39 is 35.0 Å². The molecule has 0 radical (unpaired) electrons. The molecule has 0 amide bonds. The number of hydrogen-bond donors (Lipinski definition) is 1. The van der Waals surface area contributed by atoms with Crippen molar-refractivity contribution < 1.29 is 27.6 Å². The van der Waals surface area contributed by atoms with Crippen LogP contribution in [0.5, 0.6) is 11.5 Å². The Morgan fingerprint density at radius 2 is 2.17 bits per heavy atom. The normalized spacial score (nSPS) is 11.2. The molecule has 7 nitrogen and oxygen atoms in total. The predicted octanol–water partition coefficient (Wildman–Crippen LogP) is 1.36. The molecular weight excluding hydrogens is 259 g/mol. The van der Waals surface area contributed by atoms with Crippen LogP contribution in [0.1, 0.15) is 5.69 Å². The largest absolute Gasteiger partial charge is 0.573 e. The van der Waals surface area contributed by atoms with Crippen LogP contribution in [0.2, 0.25) is 0 Å². The van der Waals surface area contributed by atoms with Crippen LogP contribution in [-0.4, -0.2) is 23.4 Å². The lowest BCUT2D eigenvalue weighted by molar-refractivity contribution is -0.389. The topological polar surface area (TPSA) is 101 Å². The van der Waals surface area contributed by atoms with Crippen LogP contribution in [0, 0.1) is 10.1 Å². The Kier molecular flexibility index (Phi) is 3.91. The minimum atomic E-state index is -5.09. The number of halogens is 3. The molecule has 0 saturated heterocycles. The van der Waals surface area contributed by atoms with Crippen molar-refractivity contribution in [3.63, 3.8) is 0 Å². The Morgan fingerprint density at radius 3 is 2.56 bits per heavy atom. The zero-order valence-electron chi connectivity index (χ0n) is 9.02. The molecule has 0 unspecified atom stereocenters. The van der Waals surface area contributed by atoms with E-state index in [4.69, 9.17) is 5.73 Å². The lowest BCUT2D eigenvalue weighted by Gasteiger charge is -2.13. The summed E-state index contributed by atoms with van der Waals surface area (Å²) in [6, 6.07) is 0. The fourth-order valence-electron chi connectivity index (χ4n) is 1.20. The Hall–Kier alpha value is -2.10. The van der Waals surface area contributed by atoms with Gasteiger partial charge in [-0.15, -0.1) is 13.2 Å². The van der Waals surface area contributed by atoms with Gasteiger partial charge in [-0.2, -0.15) is 0 Å². The van der Waals surface area contributed by atoms with Crippen molar-refractivity contribution in [1.82, 2.24) is 4.98 Å². The molecule has 1 aromatic heterocycles. The maximum atomic E-state index is 12.2. The third-order valence-corrected chi connectivity index (χ3v) is 1.86. The summed E-state index contributed by atoms with van der Waals surface area (Å²) in [6.45, 7) is -0.448. The number of nitro groups is 1. The molecule has 0 fully saturated rings. The molecular formula is C8H8F3N3O4. The summed E-state index contributed by atoms with van der Waals surface area (Å²) in [5.41, 5.74) is 3.80. The lowest BCUT2D eigenvalue weighted by atomic mass is 10.2. The molecule has 18 heavy (non-hydrogen) atoms. The Bertz CT molecular complexity index is 464. The fourth-order valence-corrected chi connectivity index (χ4v) is 1.20. The number of hydrogen-bond acceptors (Lipinski definition) is 6. The van der Waals surface area contributed by atoms with Crippen molar-refractivity contribution in [3.05, 3.63) is 22.0 Å². The number of nitrogens with two attached hydrogens (primary N) is 1. The van der Waals surface area contributed by atoms with Gasteiger partial charge in [-0.05, 0) is 0 Å². The second-order valence-electron chi connectivity index (χ2n) is 2.96. The monoisotopic (exact) mass is 267 g/mol. The van der Waals surface area contributed by atoms with Crippen LogP contribution in [0.15, 0.2) is 6.20 Å². The van der Waals surface area contributed by atoms with Gasteiger partial charge in [0.05, 0.1) is 18.2 Å². The molecule has 0 aromatic carbocycles. The third-order valence-electron chi connectivity index (χ3n) is 1.86. The number of pyridine rings is 1. The van der Waals surface area contributed by atoms with Crippen LogP contribution < -0.4 is 15.2 Å². The van der Waals surface area contributed by atoms with Gasteiger partial charge < -0.3 is 15.2 Å². The van der Waals surface area contributed by atoms with Gasteiger partial charge in [0.2, 0.25) is 11.5 Å². The summed E-state index contributed by atoms with van der Waals surface area (Å²) in [5, 5.41) is 10.8. The average Bonchev–Trinajstić information content (AvgIpc) is 2.25. The zero-order chi connectivity index (χ0) is 13.9. The molecule has 0 saturated carbocycles. The lowest BCUT2D eigenvalue weighted by Crippen LogP contribution is -2.20. The first kappa shape index (κ1) is 14.0. The number of aromatic nitrogens is 1. The third kappa shape index (κ3) is 2.97. The van der Waals surface area contributed by atoms with E-state index in [1.807, 2.05) is 0 Å². The summed E-state index contributed by atoms with van der Waals surface area (Å²) < 4.78 is 44.7. The minimum Gasteiger partial charge on any atom is -0.489 e. The van der Waals surface area contributed by atoms with Crippen molar-refractivity contribution in [2.24, 2.45) is 5.73 Å². The molecule has 100 valence electrons. The van der Waals surface area contributed by atoms with Gasteiger partial charge in [0.1, 0.15) is 5.69 Å². The van der Waals surface area contributed by atoms with Crippen molar-refractivity contribution in [1.29, 1.82) is 0 Å². The molecule has 1 heterocycles. The van der Waals surface area contributed by atoms with Crippen LogP contribution in [0.4, 0.5) is 18.9 Å². The first-order valence-electron chi connectivity index (χ1n) is 4.46. The first-order chi connectivity index (χ1) is 8.30. The molecule has 0 aliphatic heterocycles. The molecule has 1 aromatic rings. The van der Waals surface area contributed by atoms with Gasteiger partial charge in [0, 0.05) is 6.54 Å². The van der Waals surface area contributed by atoms with E-state index >= 15 is 0 Å². The second-order valence-corrected chi connectivity index (χ2v) is 2.96. The van der Waals surface area contributed by atoms with Gasteiger partial charge in [-0.3, -0.25) is 15.1 Å². The fraction of sp³-hybridized carbons (Fsp3) is 0.375. The van der Waals surface area contributed by atoms with E-state index in [9.17, 15) is 23.3 Å². The predicted molar refractivity (Wildman–Crippen MR) is 52.0 cm³/mol. The van der Waals surface area contributed by atoms with Crippen molar-refractivity contribution in [3.8, 4) is 11.5 Å². The summed E-state index contributed by atoms with van der Waals surface area (Å²) >= 11 is 0. The van der Waals surface area contributed by atoms with Crippen molar-refractivity contribution in [2.75, 3.05) is 7.11 Å². The standard InChI is InChI=1S/C8H8F3N3O4/c1-17-5-3-13-4(2-12)7(6(5)14(15)16)18-8(9,10)11/h3H,2,12H2,1H3. The Balaban J connectivity index is 3.45. The van der Waals surface area contributed by atoms with Crippen LogP contribution in [0.25, 0.3) is 0 Å². The van der Waals surface area contributed by atoms with E-state index in [2.05, 4.69) is 14.5 Å². The molecule has 1 rings (SSSR count). The quantitative estimate of drug-likeness (QED) is 0.652. The minimum absolute atomic E-state index is 0.389. The average molecular weight is 267 g/mol. The second kappa shape index (κ2) is 5.04. The van der Waals surface area contributed by atoms with Crippen molar-refractivity contribution in [2.45, 2.75) is 12.9 Å². The molecule has 2 N–H and O–H groups in total. The molecule has 0 aliphatic rings. The SMILES string of the molecule is COc1cnc(CN)c(OC(F)(F)F)c1[N+](=O)[O-]. The molecule has 0 atom stereocenters. The molecule has 0 spiro atoms. The van der Waals surface area contributed by atoms with Gasteiger partial charge >= 0.3 is 12.0 Å². The van der Waals surface area contributed by atoms with Gasteiger partial charge in [0.25, 0.3) is 0 Å². The van der Waals surface area contributed by atoms with Crippen LogP contribution >= 0.6 is 0 Å². The van der Waals surface area contributed by atoms with E-state index in [1.54, 1.807) is 0 Å². The Morgan fingerprint density at radius 1 is 1.56 bits per heavy atom. The first-order valence-corrected chi connectivity index (χ1v) is 4.46. The van der Waals surface area contributed by atoms with E-state index in [1.165, 1.54) is 0 Å². The van der Waals surface area contributed by atoms with Crippen molar-refractivity contribution >= 4 is 5.69 Å². The van der Waals surface area contributed by atoms with E-state index in [-0.39, 0.29) is 5.69 Å². The summed E-state index contributed by atoms with van der Waals surface area (Å²) in [5.74, 6) is -1.51. The maximum Gasteiger partial charge on any atom is 0.573 e. The number of rotatable bonds is 4. The number of nitrogens with zero attached hydrogens (tertiary/aromatic N) is 2. The summed E-state index contributed by atoms with van der Waals surface area (Å²) in [4.78, 5) is 13.2. The molecule has 0 bridgehead atoms. The summed E-state index contributed by atoms with van der Waals surface area (Å²) in [6.07, 6.45) is -4.19. The zero-order valence-corrected chi connectivity index (χ0v) is 9.02.